The van der Waals surface area contributed by atoms with Crippen LogP contribution in [0.1, 0.15) is 37.7 Å². The molecule has 33 heavy (non-hydrogen) atoms. The highest BCUT2D eigenvalue weighted by molar-refractivity contribution is 8.26. The van der Waals surface area contributed by atoms with Crippen LogP contribution in [0.3, 0.4) is 0 Å². The summed E-state index contributed by atoms with van der Waals surface area (Å²) in [6, 6.07) is 8.10. The molecule has 3 heterocycles. The van der Waals surface area contributed by atoms with E-state index in [4.69, 9.17) is 16.6 Å². The monoisotopic (exact) mass is 497 g/mol. The van der Waals surface area contributed by atoms with E-state index in [-0.39, 0.29) is 10.8 Å². The number of rotatable bonds is 3. The van der Waals surface area contributed by atoms with Crippen molar-refractivity contribution in [3.63, 3.8) is 0 Å². The molecular weight excluding hydrogens is 478 g/mol. The Kier molecular flexibility index (Phi) is 6.16. The van der Waals surface area contributed by atoms with Crippen LogP contribution in [0.25, 0.3) is 17.0 Å². The third-order valence-electron chi connectivity index (χ3n) is 4.30. The summed E-state index contributed by atoms with van der Waals surface area (Å²) in [7, 11) is -3.61. The first-order valence-corrected chi connectivity index (χ1v) is 12.5. The van der Waals surface area contributed by atoms with Gasteiger partial charge in [-0.3, -0.25) is 9.78 Å². The normalized spacial score (nSPS) is 15.5. The van der Waals surface area contributed by atoms with E-state index in [1.54, 1.807) is 57.4 Å². The summed E-state index contributed by atoms with van der Waals surface area (Å²) in [5, 5.41) is 3.31. The van der Waals surface area contributed by atoms with Gasteiger partial charge in [-0.2, -0.15) is 0 Å². The maximum Gasteiger partial charge on any atom is 0.263 e. The highest BCUT2D eigenvalue weighted by Crippen LogP contribution is 2.29. The minimum absolute atomic E-state index is 0.170. The van der Waals surface area contributed by atoms with Gasteiger partial charge in [-0.1, -0.05) is 35.8 Å². The van der Waals surface area contributed by atoms with E-state index in [0.717, 1.165) is 5.39 Å². The fourth-order valence-corrected chi connectivity index (χ4v) is 5.45. The predicted molar refractivity (Wildman–Crippen MR) is 133 cm³/mol. The third kappa shape index (κ3) is 5.51. The van der Waals surface area contributed by atoms with Gasteiger partial charge < -0.3 is 9.73 Å². The zero-order chi connectivity index (χ0) is 23.8. The average molecular weight is 498 g/mol. The lowest BCUT2D eigenvalue weighted by Crippen LogP contribution is -2.40. The van der Waals surface area contributed by atoms with Gasteiger partial charge in [0.25, 0.3) is 5.91 Å². The summed E-state index contributed by atoms with van der Waals surface area (Å²) >= 11 is 6.18. The van der Waals surface area contributed by atoms with Crippen molar-refractivity contribution in [1.82, 2.24) is 15.0 Å². The standard InChI is InChI=1S/C23H19N3O4S3/c1-23(2,3)26-33(28,29)18-8-5-14(6-9-18)4-7-15-12-24-13-16-10-17(30-20(15)16)11-19-21(27)25-22(31)32-19/h5-6,8-13,26H,1-3H3,(H,25,27,31)/b19-11+. The van der Waals surface area contributed by atoms with Gasteiger partial charge in [-0.25, -0.2) is 13.1 Å². The maximum absolute atomic E-state index is 12.4. The molecule has 0 radical (unpaired) electrons. The van der Waals surface area contributed by atoms with E-state index >= 15 is 0 Å². The number of carbonyl (C=O) groups excluding carboxylic acids is 1. The minimum Gasteiger partial charge on any atom is -0.455 e. The van der Waals surface area contributed by atoms with Crippen LogP contribution >= 0.6 is 24.0 Å². The second kappa shape index (κ2) is 8.76. The quantitative estimate of drug-likeness (QED) is 0.322. The average Bonchev–Trinajstić information content (AvgIpc) is 3.27. The Balaban J connectivity index is 1.60. The Bertz CT molecular complexity index is 1470. The van der Waals surface area contributed by atoms with Gasteiger partial charge in [0.05, 0.1) is 15.4 Å². The number of nitrogens with zero attached hydrogens (tertiary/aromatic N) is 1. The zero-order valence-electron chi connectivity index (χ0n) is 17.9. The first-order chi connectivity index (χ1) is 15.5. The largest absolute Gasteiger partial charge is 0.455 e. The van der Waals surface area contributed by atoms with Crippen LogP contribution in [0, 0.1) is 11.8 Å². The first-order valence-electron chi connectivity index (χ1n) is 9.79. The van der Waals surface area contributed by atoms with E-state index in [2.05, 4.69) is 26.9 Å². The highest BCUT2D eigenvalue weighted by atomic mass is 32.2. The fraction of sp³-hybridized carbons (Fsp3) is 0.174. The van der Waals surface area contributed by atoms with Crippen molar-refractivity contribution in [2.75, 3.05) is 0 Å². The molecule has 0 unspecified atom stereocenters. The molecule has 10 heteroatoms. The lowest BCUT2D eigenvalue weighted by molar-refractivity contribution is -0.115. The molecule has 0 aliphatic carbocycles. The highest BCUT2D eigenvalue weighted by Gasteiger charge is 2.23. The van der Waals surface area contributed by atoms with Gasteiger partial charge in [0.15, 0.2) is 5.58 Å². The number of aromatic nitrogens is 1. The van der Waals surface area contributed by atoms with Crippen LogP contribution in [-0.2, 0) is 14.8 Å². The van der Waals surface area contributed by atoms with Crippen LogP contribution in [0.15, 0.2) is 56.9 Å². The topological polar surface area (TPSA) is 101 Å². The van der Waals surface area contributed by atoms with E-state index in [1.165, 1.54) is 23.9 Å². The second-order valence-corrected chi connectivity index (χ2v) is 11.6. The zero-order valence-corrected chi connectivity index (χ0v) is 20.4. The lowest BCUT2D eigenvalue weighted by Gasteiger charge is -2.20. The molecule has 168 valence electrons. The molecule has 1 aliphatic rings. The number of hydrogen-bond acceptors (Lipinski definition) is 7. The molecule has 3 aromatic rings. The first kappa shape index (κ1) is 23.2. The van der Waals surface area contributed by atoms with Gasteiger partial charge in [-0.05, 0) is 51.1 Å². The molecule has 1 saturated heterocycles. The molecule has 4 rings (SSSR count). The number of thioether (sulfide) groups is 1. The number of pyridine rings is 1. The molecule has 1 aromatic carbocycles. The van der Waals surface area contributed by atoms with Crippen molar-refractivity contribution in [3.05, 3.63) is 64.5 Å². The van der Waals surface area contributed by atoms with Crippen LogP contribution in [0.4, 0.5) is 0 Å². The number of carbonyl (C=O) groups is 1. The number of amides is 1. The molecule has 0 atom stereocenters. The van der Waals surface area contributed by atoms with Crippen LogP contribution in [-0.4, -0.2) is 29.2 Å². The lowest BCUT2D eigenvalue weighted by atomic mass is 10.1. The summed E-state index contributed by atoms with van der Waals surface area (Å²) in [6.07, 6.45) is 4.87. The Morgan fingerprint density at radius 1 is 1.18 bits per heavy atom. The van der Waals surface area contributed by atoms with Crippen molar-refractivity contribution in [2.24, 2.45) is 0 Å². The van der Waals surface area contributed by atoms with Crippen molar-refractivity contribution < 1.29 is 17.6 Å². The van der Waals surface area contributed by atoms with Gasteiger partial charge >= 0.3 is 0 Å². The Hall–Kier alpha value is -2.97. The Morgan fingerprint density at radius 3 is 2.55 bits per heavy atom. The van der Waals surface area contributed by atoms with Crippen molar-refractivity contribution in [1.29, 1.82) is 0 Å². The van der Waals surface area contributed by atoms with Crippen molar-refractivity contribution in [2.45, 2.75) is 31.2 Å². The smallest absolute Gasteiger partial charge is 0.263 e. The minimum atomic E-state index is -3.61. The summed E-state index contributed by atoms with van der Waals surface area (Å²) in [4.78, 5) is 16.7. The van der Waals surface area contributed by atoms with Gasteiger partial charge in [-0.15, -0.1) is 0 Å². The van der Waals surface area contributed by atoms with Crippen LogP contribution < -0.4 is 10.0 Å². The Labute approximate surface area is 201 Å². The molecule has 1 fully saturated rings. The summed E-state index contributed by atoms with van der Waals surface area (Å²) in [6.45, 7) is 5.35. The second-order valence-electron chi connectivity index (χ2n) is 8.24. The molecule has 0 saturated carbocycles. The van der Waals surface area contributed by atoms with Crippen LogP contribution in [0.2, 0.25) is 0 Å². The number of furan rings is 1. The molecular formula is C23H19N3O4S3. The fourth-order valence-electron chi connectivity index (χ4n) is 3.01. The SMILES string of the molecule is CC(C)(C)NS(=O)(=O)c1ccc(C#Cc2cncc3cc(/C=C4/SC(=S)NC4=O)oc23)cc1. The van der Waals surface area contributed by atoms with E-state index in [0.29, 0.717) is 31.7 Å². The number of hydrogen-bond donors (Lipinski definition) is 2. The van der Waals surface area contributed by atoms with E-state index < -0.39 is 15.6 Å². The number of nitrogens with one attached hydrogen (secondary N) is 2. The molecule has 0 bridgehead atoms. The van der Waals surface area contributed by atoms with Gasteiger partial charge in [0.2, 0.25) is 10.0 Å². The molecule has 1 amide bonds. The third-order valence-corrected chi connectivity index (χ3v) is 7.24. The van der Waals surface area contributed by atoms with Crippen molar-refractivity contribution in [3.8, 4) is 11.8 Å². The summed E-state index contributed by atoms with van der Waals surface area (Å²) in [5.41, 5.74) is 1.18. The van der Waals surface area contributed by atoms with Gasteiger partial charge in [0.1, 0.15) is 10.1 Å². The number of sulfonamides is 1. The number of thiocarbonyl (C=S) groups is 1. The summed E-state index contributed by atoms with van der Waals surface area (Å²) < 4.78 is 33.8. The molecule has 2 N–H and O–H groups in total. The van der Waals surface area contributed by atoms with E-state index in [1.807, 2.05) is 0 Å². The van der Waals surface area contributed by atoms with E-state index in [9.17, 15) is 13.2 Å². The molecule has 0 spiro atoms. The maximum atomic E-state index is 12.4. The number of fused-ring (bicyclic) bond motifs is 1. The van der Waals surface area contributed by atoms with Crippen molar-refractivity contribution >= 4 is 61.3 Å². The van der Waals surface area contributed by atoms with Crippen LogP contribution in [0.5, 0.6) is 0 Å². The van der Waals surface area contributed by atoms with Gasteiger partial charge in [0, 0.05) is 35.0 Å². The summed E-state index contributed by atoms with van der Waals surface area (Å²) in [5.74, 6) is 6.27. The number of benzene rings is 1. The molecule has 2 aromatic heterocycles. The molecule has 7 nitrogen and oxygen atoms in total. The molecule has 1 aliphatic heterocycles. The predicted octanol–water partition coefficient (Wildman–Crippen LogP) is 3.79. The Morgan fingerprint density at radius 2 is 1.91 bits per heavy atom.